The Hall–Kier alpha value is -0.590. The van der Waals surface area contributed by atoms with Crippen LogP contribution in [-0.2, 0) is 4.79 Å². The van der Waals surface area contributed by atoms with Crippen LogP contribution in [0, 0.1) is 11.3 Å². The van der Waals surface area contributed by atoms with E-state index < -0.39 is 0 Å². The minimum Gasteiger partial charge on any atom is -0.299 e. The zero-order chi connectivity index (χ0) is 9.47. The Morgan fingerprint density at radius 2 is 2.31 bits per heavy atom. The van der Waals surface area contributed by atoms with Crippen LogP contribution in [0.2, 0.25) is 0 Å². The summed E-state index contributed by atoms with van der Waals surface area (Å²) in [6.45, 7) is 4.42. The molecule has 1 saturated carbocycles. The van der Waals surface area contributed by atoms with Crippen molar-refractivity contribution in [3.63, 3.8) is 0 Å². The predicted molar refractivity (Wildman–Crippen MR) is 53.4 cm³/mol. The molecular formula is C12H18O. The molecule has 0 unspecified atom stereocenters. The summed E-state index contributed by atoms with van der Waals surface area (Å²) in [4.78, 5) is 11.9. The Morgan fingerprint density at radius 1 is 1.54 bits per heavy atom. The molecule has 2 atom stereocenters. The summed E-state index contributed by atoms with van der Waals surface area (Å²) in [6, 6.07) is 0. The van der Waals surface area contributed by atoms with Crippen LogP contribution in [0.15, 0.2) is 11.6 Å². The van der Waals surface area contributed by atoms with E-state index in [2.05, 4.69) is 19.9 Å². The lowest BCUT2D eigenvalue weighted by molar-refractivity contribution is -0.127. The van der Waals surface area contributed by atoms with Gasteiger partial charge in [0.25, 0.3) is 0 Å². The van der Waals surface area contributed by atoms with Crippen LogP contribution in [0.3, 0.4) is 0 Å². The van der Waals surface area contributed by atoms with Gasteiger partial charge in [0.15, 0.2) is 0 Å². The first-order valence-electron chi connectivity index (χ1n) is 5.34. The van der Waals surface area contributed by atoms with Crippen molar-refractivity contribution in [1.29, 1.82) is 0 Å². The third-order valence-corrected chi connectivity index (χ3v) is 3.98. The Morgan fingerprint density at radius 3 is 2.85 bits per heavy atom. The molecule has 72 valence electrons. The Bertz CT molecular complexity index is 264. The first-order valence-corrected chi connectivity index (χ1v) is 5.34. The van der Waals surface area contributed by atoms with Gasteiger partial charge in [0.1, 0.15) is 5.78 Å². The summed E-state index contributed by atoms with van der Waals surface area (Å²) in [6.07, 6.45) is 7.49. The number of Topliss-reactive ketones (excluding diaryl/α,β-unsaturated/α-hetero) is 1. The van der Waals surface area contributed by atoms with Crippen LogP contribution >= 0.6 is 0 Å². The van der Waals surface area contributed by atoms with E-state index in [0.29, 0.717) is 11.7 Å². The number of carbonyl (C=O) groups excluding carboxylic acids is 1. The highest BCUT2D eigenvalue weighted by atomic mass is 16.1. The molecule has 0 aromatic heterocycles. The van der Waals surface area contributed by atoms with Crippen LogP contribution in [0.25, 0.3) is 0 Å². The summed E-state index contributed by atoms with van der Waals surface area (Å²) >= 11 is 0. The van der Waals surface area contributed by atoms with E-state index >= 15 is 0 Å². The van der Waals surface area contributed by atoms with Crippen LogP contribution < -0.4 is 0 Å². The number of hydrogen-bond acceptors (Lipinski definition) is 1. The summed E-state index contributed by atoms with van der Waals surface area (Å²) < 4.78 is 0. The SMILES string of the molecule is CC1=CCC[C@@]2(C1)C(=O)CC[C@H]2C. The molecule has 0 radical (unpaired) electrons. The zero-order valence-electron chi connectivity index (χ0n) is 8.60. The fourth-order valence-electron chi connectivity index (χ4n) is 3.04. The Kier molecular flexibility index (Phi) is 2.05. The molecule has 0 N–H and O–H groups in total. The van der Waals surface area contributed by atoms with E-state index in [1.54, 1.807) is 0 Å². The number of ketones is 1. The number of carbonyl (C=O) groups is 1. The summed E-state index contributed by atoms with van der Waals surface area (Å²) in [5, 5.41) is 0. The lowest BCUT2D eigenvalue weighted by atomic mass is 9.68. The lowest BCUT2D eigenvalue weighted by Crippen LogP contribution is -2.33. The molecule has 2 aliphatic carbocycles. The summed E-state index contributed by atoms with van der Waals surface area (Å²) in [5.41, 5.74) is 1.48. The molecule has 13 heavy (non-hydrogen) atoms. The van der Waals surface area contributed by atoms with Crippen LogP contribution in [-0.4, -0.2) is 5.78 Å². The van der Waals surface area contributed by atoms with E-state index in [4.69, 9.17) is 0 Å². The fraction of sp³-hybridized carbons (Fsp3) is 0.750. The molecule has 1 spiro atoms. The van der Waals surface area contributed by atoms with Crippen molar-refractivity contribution in [3.05, 3.63) is 11.6 Å². The predicted octanol–water partition coefficient (Wildman–Crippen LogP) is 3.10. The van der Waals surface area contributed by atoms with Crippen molar-refractivity contribution in [3.8, 4) is 0 Å². The van der Waals surface area contributed by atoms with Gasteiger partial charge in [-0.3, -0.25) is 4.79 Å². The van der Waals surface area contributed by atoms with Gasteiger partial charge in [0.2, 0.25) is 0 Å². The Labute approximate surface area is 80.2 Å². The van der Waals surface area contributed by atoms with Crippen molar-refractivity contribution in [2.75, 3.05) is 0 Å². The minimum atomic E-state index is 0.0544. The maximum absolute atomic E-state index is 11.9. The van der Waals surface area contributed by atoms with E-state index in [1.165, 1.54) is 5.57 Å². The molecule has 1 heteroatoms. The number of rotatable bonds is 0. The number of hydrogen-bond donors (Lipinski definition) is 0. The number of allylic oxidation sites excluding steroid dienone is 2. The van der Waals surface area contributed by atoms with Crippen molar-refractivity contribution >= 4 is 5.78 Å². The van der Waals surface area contributed by atoms with Gasteiger partial charge >= 0.3 is 0 Å². The third-order valence-electron chi connectivity index (χ3n) is 3.98. The topological polar surface area (TPSA) is 17.1 Å². The van der Waals surface area contributed by atoms with E-state index in [-0.39, 0.29) is 5.41 Å². The van der Waals surface area contributed by atoms with Crippen molar-refractivity contribution in [1.82, 2.24) is 0 Å². The van der Waals surface area contributed by atoms with Gasteiger partial charge in [-0.05, 0) is 38.5 Å². The van der Waals surface area contributed by atoms with Gasteiger partial charge in [0, 0.05) is 11.8 Å². The largest absolute Gasteiger partial charge is 0.299 e. The van der Waals surface area contributed by atoms with Crippen LogP contribution in [0.4, 0.5) is 0 Å². The standard InChI is InChI=1S/C12H18O/c1-9-4-3-7-12(8-9)10(2)5-6-11(12)13/h4,10H,3,5-8H2,1-2H3/t10-,12+/m1/s1. The van der Waals surface area contributed by atoms with Gasteiger partial charge in [0.05, 0.1) is 0 Å². The second-order valence-electron chi connectivity index (χ2n) is 4.78. The maximum Gasteiger partial charge on any atom is 0.139 e. The van der Waals surface area contributed by atoms with Crippen molar-refractivity contribution in [2.24, 2.45) is 11.3 Å². The molecule has 0 aromatic carbocycles. The molecule has 1 nitrogen and oxygen atoms in total. The van der Waals surface area contributed by atoms with Gasteiger partial charge in [-0.2, -0.15) is 0 Å². The lowest BCUT2D eigenvalue weighted by Gasteiger charge is -2.35. The van der Waals surface area contributed by atoms with Gasteiger partial charge in [-0.1, -0.05) is 18.6 Å². The quantitative estimate of drug-likeness (QED) is 0.521. The highest BCUT2D eigenvalue weighted by Crippen LogP contribution is 2.50. The molecule has 0 heterocycles. The van der Waals surface area contributed by atoms with Crippen molar-refractivity contribution in [2.45, 2.75) is 46.0 Å². The second-order valence-corrected chi connectivity index (χ2v) is 4.78. The van der Waals surface area contributed by atoms with Crippen LogP contribution in [0.1, 0.15) is 46.0 Å². The molecule has 0 aromatic rings. The molecule has 0 bridgehead atoms. The van der Waals surface area contributed by atoms with E-state index in [0.717, 1.165) is 32.1 Å². The molecule has 0 aliphatic heterocycles. The monoisotopic (exact) mass is 178 g/mol. The smallest absolute Gasteiger partial charge is 0.139 e. The first-order chi connectivity index (χ1) is 6.15. The summed E-state index contributed by atoms with van der Waals surface area (Å²) in [5.74, 6) is 1.15. The zero-order valence-corrected chi connectivity index (χ0v) is 8.60. The second kappa shape index (κ2) is 2.97. The molecular weight excluding hydrogens is 160 g/mol. The normalized spacial score (nSPS) is 39.7. The van der Waals surface area contributed by atoms with Gasteiger partial charge < -0.3 is 0 Å². The first kappa shape index (κ1) is 8.98. The average Bonchev–Trinajstić information content (AvgIpc) is 2.34. The Balaban J connectivity index is 2.29. The molecule has 2 rings (SSSR count). The molecule has 2 aliphatic rings. The fourth-order valence-corrected chi connectivity index (χ4v) is 3.04. The third kappa shape index (κ3) is 1.25. The van der Waals surface area contributed by atoms with E-state index in [1.807, 2.05) is 0 Å². The average molecular weight is 178 g/mol. The van der Waals surface area contributed by atoms with Crippen LogP contribution in [0.5, 0.6) is 0 Å². The van der Waals surface area contributed by atoms with E-state index in [9.17, 15) is 4.79 Å². The highest BCUT2D eigenvalue weighted by Gasteiger charge is 2.47. The molecule has 0 saturated heterocycles. The highest BCUT2D eigenvalue weighted by molar-refractivity contribution is 5.87. The minimum absolute atomic E-state index is 0.0544. The molecule has 0 amide bonds. The maximum atomic E-state index is 11.9. The summed E-state index contributed by atoms with van der Waals surface area (Å²) in [7, 11) is 0. The van der Waals surface area contributed by atoms with Crippen molar-refractivity contribution < 1.29 is 4.79 Å². The van der Waals surface area contributed by atoms with Gasteiger partial charge in [-0.15, -0.1) is 0 Å². The molecule has 1 fully saturated rings. The van der Waals surface area contributed by atoms with Gasteiger partial charge in [-0.25, -0.2) is 0 Å².